The summed E-state index contributed by atoms with van der Waals surface area (Å²) in [5.74, 6) is 0.854. The first-order valence-corrected chi connectivity index (χ1v) is 7.67. The Hall–Kier alpha value is 0.250. The molecule has 1 nitrogen and oxygen atoms in total. The maximum atomic E-state index is 6.21. The van der Waals surface area contributed by atoms with Crippen molar-refractivity contribution < 1.29 is 0 Å². The molecule has 0 spiro atoms. The molecule has 0 aromatic rings. The highest BCUT2D eigenvalue weighted by Gasteiger charge is 2.31. The van der Waals surface area contributed by atoms with Crippen molar-refractivity contribution in [1.82, 2.24) is 5.32 Å². The van der Waals surface area contributed by atoms with Gasteiger partial charge in [0.25, 0.3) is 0 Å². The molecule has 0 radical (unpaired) electrons. The van der Waals surface area contributed by atoms with Gasteiger partial charge >= 0.3 is 0 Å². The van der Waals surface area contributed by atoms with Crippen LogP contribution >= 0.6 is 11.6 Å². The summed E-state index contributed by atoms with van der Waals surface area (Å²) in [7, 11) is 0. The van der Waals surface area contributed by atoms with Gasteiger partial charge in [0, 0.05) is 18.5 Å². The Bertz CT molecular complexity index is 193. The standard InChI is InChI=1S/C14H26ClN/c15-11-14(9-5-2-6-10-14)12-16-13-7-3-1-4-8-13/h13,16H,1-12H2. The van der Waals surface area contributed by atoms with Crippen LogP contribution in [0.3, 0.4) is 0 Å². The summed E-state index contributed by atoms with van der Waals surface area (Å²) in [5, 5.41) is 3.80. The fourth-order valence-corrected chi connectivity index (χ4v) is 3.69. The highest BCUT2D eigenvalue weighted by molar-refractivity contribution is 6.18. The Morgan fingerprint density at radius 1 is 0.938 bits per heavy atom. The molecule has 2 fully saturated rings. The van der Waals surface area contributed by atoms with Crippen molar-refractivity contribution in [2.45, 2.75) is 70.3 Å². The van der Waals surface area contributed by atoms with E-state index in [9.17, 15) is 0 Å². The molecule has 1 N–H and O–H groups in total. The molecule has 2 aliphatic carbocycles. The highest BCUT2D eigenvalue weighted by atomic mass is 35.5. The Kier molecular flexibility index (Phi) is 4.97. The fourth-order valence-electron chi connectivity index (χ4n) is 3.33. The van der Waals surface area contributed by atoms with Crippen LogP contribution in [0.2, 0.25) is 0 Å². The smallest absolute Gasteiger partial charge is 0.0292 e. The van der Waals surface area contributed by atoms with Crippen LogP contribution < -0.4 is 5.32 Å². The van der Waals surface area contributed by atoms with E-state index in [1.165, 1.54) is 70.8 Å². The van der Waals surface area contributed by atoms with Crippen LogP contribution in [0.4, 0.5) is 0 Å². The van der Waals surface area contributed by atoms with E-state index in [1.807, 2.05) is 0 Å². The summed E-state index contributed by atoms with van der Waals surface area (Å²) in [6.07, 6.45) is 13.9. The van der Waals surface area contributed by atoms with Gasteiger partial charge in [0.15, 0.2) is 0 Å². The molecule has 16 heavy (non-hydrogen) atoms. The summed E-state index contributed by atoms with van der Waals surface area (Å²) in [4.78, 5) is 0. The van der Waals surface area contributed by atoms with E-state index in [-0.39, 0.29) is 0 Å². The number of nitrogens with one attached hydrogen (secondary N) is 1. The summed E-state index contributed by atoms with van der Waals surface area (Å²) >= 11 is 6.21. The summed E-state index contributed by atoms with van der Waals surface area (Å²) in [6, 6.07) is 0.788. The first-order chi connectivity index (χ1) is 7.85. The Morgan fingerprint density at radius 3 is 2.19 bits per heavy atom. The molecule has 2 saturated carbocycles. The number of alkyl halides is 1. The van der Waals surface area contributed by atoms with Crippen molar-refractivity contribution in [2.75, 3.05) is 12.4 Å². The van der Waals surface area contributed by atoms with Crippen molar-refractivity contribution in [3.05, 3.63) is 0 Å². The van der Waals surface area contributed by atoms with E-state index in [1.54, 1.807) is 0 Å². The molecule has 2 aliphatic rings. The van der Waals surface area contributed by atoms with Gasteiger partial charge in [0.1, 0.15) is 0 Å². The van der Waals surface area contributed by atoms with Crippen LogP contribution in [-0.4, -0.2) is 18.5 Å². The van der Waals surface area contributed by atoms with E-state index < -0.39 is 0 Å². The van der Waals surface area contributed by atoms with E-state index in [0.29, 0.717) is 5.41 Å². The molecule has 2 heteroatoms. The first kappa shape index (κ1) is 12.7. The Labute approximate surface area is 105 Å². The van der Waals surface area contributed by atoms with E-state index in [2.05, 4.69) is 5.32 Å². The Balaban J connectivity index is 1.77. The highest BCUT2D eigenvalue weighted by Crippen LogP contribution is 2.37. The second-order valence-corrected chi connectivity index (χ2v) is 6.18. The first-order valence-electron chi connectivity index (χ1n) is 7.14. The van der Waals surface area contributed by atoms with Crippen LogP contribution in [0.25, 0.3) is 0 Å². The van der Waals surface area contributed by atoms with Gasteiger partial charge in [-0.25, -0.2) is 0 Å². The molecule has 94 valence electrons. The van der Waals surface area contributed by atoms with Gasteiger partial charge in [-0.1, -0.05) is 38.5 Å². The van der Waals surface area contributed by atoms with Gasteiger partial charge in [-0.2, -0.15) is 0 Å². The van der Waals surface area contributed by atoms with Crippen LogP contribution in [0.1, 0.15) is 64.2 Å². The molecule has 0 heterocycles. The summed E-state index contributed by atoms with van der Waals surface area (Å²) in [6.45, 7) is 1.17. The molecule has 0 amide bonds. The SMILES string of the molecule is ClCC1(CNC2CCCCC2)CCCCC1. The van der Waals surface area contributed by atoms with Crippen molar-refractivity contribution >= 4 is 11.6 Å². The average molecular weight is 244 g/mol. The maximum absolute atomic E-state index is 6.21. The van der Waals surface area contributed by atoms with Crippen molar-refractivity contribution in [3.63, 3.8) is 0 Å². The van der Waals surface area contributed by atoms with E-state index in [0.717, 1.165) is 11.9 Å². The quantitative estimate of drug-likeness (QED) is 0.734. The molecule has 0 unspecified atom stereocenters. The lowest BCUT2D eigenvalue weighted by Gasteiger charge is -2.37. The number of hydrogen-bond donors (Lipinski definition) is 1. The topological polar surface area (TPSA) is 12.0 Å². The third-order valence-electron chi connectivity index (χ3n) is 4.57. The zero-order chi connectivity index (χ0) is 11.3. The third kappa shape index (κ3) is 3.37. The molecule has 0 saturated heterocycles. The largest absolute Gasteiger partial charge is 0.313 e. The number of rotatable bonds is 4. The minimum atomic E-state index is 0.428. The van der Waals surface area contributed by atoms with Crippen LogP contribution in [0, 0.1) is 5.41 Å². The van der Waals surface area contributed by atoms with Gasteiger partial charge in [-0.3, -0.25) is 0 Å². The molecular weight excluding hydrogens is 218 g/mol. The van der Waals surface area contributed by atoms with Gasteiger partial charge in [-0.05, 0) is 31.1 Å². The lowest BCUT2D eigenvalue weighted by atomic mass is 9.75. The second kappa shape index (κ2) is 6.26. The monoisotopic (exact) mass is 243 g/mol. The van der Waals surface area contributed by atoms with Crippen molar-refractivity contribution in [3.8, 4) is 0 Å². The minimum absolute atomic E-state index is 0.428. The molecule has 0 bridgehead atoms. The molecule has 0 aromatic carbocycles. The zero-order valence-electron chi connectivity index (χ0n) is 10.4. The van der Waals surface area contributed by atoms with Gasteiger partial charge in [-0.15, -0.1) is 11.6 Å². The summed E-state index contributed by atoms with van der Waals surface area (Å²) in [5.41, 5.74) is 0.428. The minimum Gasteiger partial charge on any atom is -0.313 e. The van der Waals surface area contributed by atoms with Crippen LogP contribution in [0.5, 0.6) is 0 Å². The van der Waals surface area contributed by atoms with Gasteiger partial charge in [0.2, 0.25) is 0 Å². The normalized spacial score (nSPS) is 26.8. The number of hydrogen-bond acceptors (Lipinski definition) is 1. The lowest BCUT2D eigenvalue weighted by molar-refractivity contribution is 0.197. The maximum Gasteiger partial charge on any atom is 0.0292 e. The summed E-state index contributed by atoms with van der Waals surface area (Å²) < 4.78 is 0. The van der Waals surface area contributed by atoms with E-state index >= 15 is 0 Å². The lowest BCUT2D eigenvalue weighted by Crippen LogP contribution is -2.42. The van der Waals surface area contributed by atoms with Crippen molar-refractivity contribution in [1.29, 1.82) is 0 Å². The molecule has 0 aromatic heterocycles. The zero-order valence-corrected chi connectivity index (χ0v) is 11.2. The molecular formula is C14H26ClN. The molecule has 0 aliphatic heterocycles. The van der Waals surface area contributed by atoms with Crippen molar-refractivity contribution in [2.24, 2.45) is 5.41 Å². The average Bonchev–Trinajstić information content (AvgIpc) is 2.39. The van der Waals surface area contributed by atoms with Gasteiger partial charge in [0.05, 0.1) is 0 Å². The third-order valence-corrected chi connectivity index (χ3v) is 5.14. The number of halogens is 1. The molecule has 2 rings (SSSR count). The fraction of sp³-hybridized carbons (Fsp3) is 1.00. The van der Waals surface area contributed by atoms with Crippen LogP contribution in [0.15, 0.2) is 0 Å². The Morgan fingerprint density at radius 2 is 1.56 bits per heavy atom. The predicted octanol–water partition coefficient (Wildman–Crippen LogP) is 4.10. The van der Waals surface area contributed by atoms with Gasteiger partial charge < -0.3 is 5.32 Å². The molecule has 0 atom stereocenters. The van der Waals surface area contributed by atoms with E-state index in [4.69, 9.17) is 11.6 Å². The second-order valence-electron chi connectivity index (χ2n) is 5.91. The predicted molar refractivity (Wildman–Crippen MR) is 71.1 cm³/mol. The van der Waals surface area contributed by atoms with Crippen LogP contribution in [-0.2, 0) is 0 Å².